The number of allylic oxidation sites excluding steroid dienone is 5. The third kappa shape index (κ3) is 6.08. The summed E-state index contributed by atoms with van der Waals surface area (Å²) >= 11 is 1.89. The Morgan fingerprint density at radius 1 is 0.382 bits per heavy atom. The van der Waals surface area contributed by atoms with E-state index < -0.39 is 10.8 Å². The van der Waals surface area contributed by atoms with Crippen LogP contribution in [0.2, 0.25) is 0 Å². The van der Waals surface area contributed by atoms with Crippen LogP contribution in [-0.4, -0.2) is 0 Å². The van der Waals surface area contributed by atoms with Crippen LogP contribution in [0, 0.1) is 0 Å². The van der Waals surface area contributed by atoms with Crippen molar-refractivity contribution in [3.8, 4) is 44.5 Å². The van der Waals surface area contributed by atoms with Crippen molar-refractivity contribution in [3.05, 3.63) is 336 Å². The normalized spacial score (nSPS) is 15.3. The number of hydrogen-bond acceptors (Lipinski definition) is 2. The molecule has 0 aliphatic heterocycles. The van der Waals surface area contributed by atoms with Gasteiger partial charge in [-0.05, 0) is 108 Å². The van der Waals surface area contributed by atoms with Crippen molar-refractivity contribution in [2.24, 2.45) is 0 Å². The number of thiophene rings is 1. The maximum Gasteiger partial charge on any atom is 0.0745 e. The molecule has 76 heavy (non-hydrogen) atoms. The predicted molar refractivity (Wildman–Crippen MR) is 321 cm³/mol. The van der Waals surface area contributed by atoms with E-state index in [-0.39, 0.29) is 0 Å². The highest BCUT2D eigenvalue weighted by atomic mass is 32.1. The molecule has 2 heteroatoms. The molecule has 0 N–H and O–H groups in total. The molecule has 1 heterocycles. The molecule has 11 aromatic carbocycles. The average Bonchev–Trinajstić information content (AvgIpc) is 4.38. The highest BCUT2D eigenvalue weighted by Crippen LogP contribution is 2.67. The fourth-order valence-corrected chi connectivity index (χ4v) is 15.0. The van der Waals surface area contributed by atoms with Gasteiger partial charge in [0.2, 0.25) is 0 Å². The van der Waals surface area contributed by atoms with Crippen molar-refractivity contribution in [3.63, 3.8) is 0 Å². The molecule has 12 aromatic rings. The van der Waals surface area contributed by atoms with E-state index in [9.17, 15) is 0 Å². The molecule has 15 rings (SSSR count). The number of anilines is 3. The third-order valence-corrected chi connectivity index (χ3v) is 17.8. The van der Waals surface area contributed by atoms with Gasteiger partial charge < -0.3 is 4.90 Å². The van der Waals surface area contributed by atoms with Crippen molar-refractivity contribution in [2.75, 3.05) is 4.90 Å². The summed E-state index contributed by atoms with van der Waals surface area (Å²) < 4.78 is 2.52. The number of nitrogens with zero attached hydrogens (tertiary/aromatic N) is 1. The first kappa shape index (κ1) is 44.2. The summed E-state index contributed by atoms with van der Waals surface area (Å²) in [7, 11) is 0. The van der Waals surface area contributed by atoms with Gasteiger partial charge in [-0.1, -0.05) is 267 Å². The minimum absolute atomic E-state index is 0.529. The largest absolute Gasteiger partial charge is 0.308 e. The Labute approximate surface area is 448 Å². The van der Waals surface area contributed by atoms with Gasteiger partial charge in [0.25, 0.3) is 0 Å². The van der Waals surface area contributed by atoms with Gasteiger partial charge in [0.05, 0.1) is 32.6 Å². The van der Waals surface area contributed by atoms with Crippen molar-refractivity contribution >= 4 is 54.1 Å². The minimum atomic E-state index is -0.867. The standard InChI is InChI=1S/C74H49NS/c1-2-3-6-38-59(50-28-9-5-10-29-50)74(60-39-17-11-30-51(60)49-26-7-4-8-27-49)63-42-20-14-33-54(63)56-36-23-46-67(71(56)74)75(68-47-24-37-57-55-34-16-22-48-69(55)76-72(57)68)66-45-25-44-65-70(66)58-35-15-21-43-64(58)73(65)61-40-18-12-31-52(61)53-32-13-19-41-62(53)73/h2-48H,1H2/b6-3-,59-38+. The second-order valence-corrected chi connectivity index (χ2v) is 21.2. The lowest BCUT2D eigenvalue weighted by Gasteiger charge is -2.41. The number of hydrogen-bond donors (Lipinski definition) is 0. The maximum absolute atomic E-state index is 4.15. The van der Waals surface area contributed by atoms with E-state index in [1.165, 1.54) is 109 Å². The molecule has 1 unspecified atom stereocenters. The molecule has 3 aliphatic rings. The third-order valence-electron chi connectivity index (χ3n) is 16.6. The summed E-state index contributed by atoms with van der Waals surface area (Å²) in [4.78, 5) is 2.67. The predicted octanol–water partition coefficient (Wildman–Crippen LogP) is 19.7. The van der Waals surface area contributed by atoms with Crippen LogP contribution in [0.4, 0.5) is 17.1 Å². The summed E-state index contributed by atoms with van der Waals surface area (Å²) in [5, 5.41) is 2.52. The van der Waals surface area contributed by atoms with Crippen molar-refractivity contribution < 1.29 is 0 Å². The Morgan fingerprint density at radius 3 is 1.58 bits per heavy atom. The monoisotopic (exact) mass is 983 g/mol. The SMILES string of the molecule is C=C/C=C\C=C(/c1ccccc1)C1(c2ccccc2-c2ccccc2)c2ccccc2-c2cccc(N(c3cccc4c3-c3ccccc3C43c4ccccc4-c4ccccc43)c3cccc4c3sc3ccccc34)c21. The molecule has 1 spiro atoms. The molecule has 0 bridgehead atoms. The molecular weight excluding hydrogens is 935 g/mol. The zero-order valence-electron chi connectivity index (χ0n) is 41.7. The zero-order chi connectivity index (χ0) is 50.4. The van der Waals surface area contributed by atoms with Crippen molar-refractivity contribution in [1.82, 2.24) is 0 Å². The van der Waals surface area contributed by atoms with Crippen LogP contribution in [-0.2, 0) is 10.8 Å². The lowest BCUT2D eigenvalue weighted by atomic mass is 9.63. The molecule has 356 valence electrons. The molecule has 1 aromatic heterocycles. The van der Waals surface area contributed by atoms with Gasteiger partial charge in [-0.15, -0.1) is 11.3 Å². The highest BCUT2D eigenvalue weighted by Gasteiger charge is 2.54. The number of benzene rings is 11. The van der Waals surface area contributed by atoms with Gasteiger partial charge in [0.1, 0.15) is 0 Å². The molecule has 1 atom stereocenters. The van der Waals surface area contributed by atoms with E-state index in [4.69, 9.17) is 0 Å². The zero-order valence-corrected chi connectivity index (χ0v) is 42.5. The van der Waals surface area contributed by atoms with Gasteiger partial charge in [0, 0.05) is 26.6 Å². The molecule has 0 saturated carbocycles. The highest BCUT2D eigenvalue weighted by molar-refractivity contribution is 7.26. The van der Waals surface area contributed by atoms with E-state index >= 15 is 0 Å². The van der Waals surface area contributed by atoms with E-state index in [2.05, 4.69) is 291 Å². The Hall–Kier alpha value is -9.34. The number of fused-ring (bicyclic) bond motifs is 16. The van der Waals surface area contributed by atoms with Gasteiger partial charge in [0.15, 0.2) is 0 Å². The van der Waals surface area contributed by atoms with Crippen LogP contribution in [0.15, 0.2) is 292 Å². The molecule has 0 amide bonds. The Bertz CT molecular complexity index is 4340. The molecule has 0 fully saturated rings. The average molecular weight is 984 g/mol. The van der Waals surface area contributed by atoms with E-state index in [0.717, 1.165) is 22.6 Å². The summed E-state index contributed by atoms with van der Waals surface area (Å²) in [6, 6.07) is 98.0. The second kappa shape index (κ2) is 17.4. The topological polar surface area (TPSA) is 3.24 Å². The summed E-state index contributed by atoms with van der Waals surface area (Å²) in [5.41, 5.74) is 23.2. The fourth-order valence-electron chi connectivity index (χ4n) is 13.8. The summed E-state index contributed by atoms with van der Waals surface area (Å²) in [5.74, 6) is 0. The Balaban J connectivity index is 1.13. The van der Waals surface area contributed by atoms with Gasteiger partial charge >= 0.3 is 0 Å². The van der Waals surface area contributed by atoms with Crippen molar-refractivity contribution in [1.29, 1.82) is 0 Å². The quantitative estimate of drug-likeness (QED) is 0.130. The Kier molecular flexibility index (Phi) is 10.1. The fraction of sp³-hybridized carbons (Fsp3) is 0.0270. The first-order valence-corrected chi connectivity index (χ1v) is 27.1. The summed E-state index contributed by atoms with van der Waals surface area (Å²) in [6.07, 6.45) is 8.47. The minimum Gasteiger partial charge on any atom is -0.308 e. The van der Waals surface area contributed by atoms with Crippen LogP contribution in [0.25, 0.3) is 70.3 Å². The van der Waals surface area contributed by atoms with Crippen molar-refractivity contribution in [2.45, 2.75) is 10.8 Å². The lowest BCUT2D eigenvalue weighted by molar-refractivity contribution is 0.793. The van der Waals surface area contributed by atoms with Crippen LogP contribution in [0.1, 0.15) is 44.5 Å². The van der Waals surface area contributed by atoms with Crippen LogP contribution < -0.4 is 4.90 Å². The number of rotatable bonds is 9. The van der Waals surface area contributed by atoms with E-state index in [0.29, 0.717) is 0 Å². The molecule has 3 aliphatic carbocycles. The smallest absolute Gasteiger partial charge is 0.0745 e. The van der Waals surface area contributed by atoms with E-state index in [1.54, 1.807) is 0 Å². The second-order valence-electron chi connectivity index (χ2n) is 20.1. The van der Waals surface area contributed by atoms with Crippen LogP contribution >= 0.6 is 11.3 Å². The Morgan fingerprint density at radius 2 is 0.868 bits per heavy atom. The molecular formula is C74H49NS. The van der Waals surface area contributed by atoms with Crippen LogP contribution in [0.3, 0.4) is 0 Å². The first-order valence-electron chi connectivity index (χ1n) is 26.3. The van der Waals surface area contributed by atoms with E-state index in [1.807, 2.05) is 17.4 Å². The lowest BCUT2D eigenvalue weighted by Crippen LogP contribution is -2.31. The molecule has 0 saturated heterocycles. The molecule has 1 nitrogen and oxygen atoms in total. The summed E-state index contributed by atoms with van der Waals surface area (Å²) in [6.45, 7) is 4.15. The molecule has 0 radical (unpaired) electrons. The van der Waals surface area contributed by atoms with Gasteiger partial charge in [-0.25, -0.2) is 0 Å². The first-order chi connectivity index (χ1) is 37.7. The van der Waals surface area contributed by atoms with Gasteiger partial charge in [-0.3, -0.25) is 0 Å². The van der Waals surface area contributed by atoms with Crippen LogP contribution in [0.5, 0.6) is 0 Å². The maximum atomic E-state index is 4.15. The van der Waals surface area contributed by atoms with Gasteiger partial charge in [-0.2, -0.15) is 0 Å².